The molecule has 10 atom stereocenters. The van der Waals surface area contributed by atoms with Crippen LogP contribution < -0.4 is 5.32 Å². The van der Waals surface area contributed by atoms with Gasteiger partial charge in [0.1, 0.15) is 0 Å². The number of fused-ring (bicyclic) bond motifs is 7. The summed E-state index contributed by atoms with van der Waals surface area (Å²) in [5.41, 5.74) is 6.01. The molecule has 0 amide bonds. The van der Waals surface area contributed by atoms with Gasteiger partial charge in [-0.3, -0.25) is 4.90 Å². The topological polar surface area (TPSA) is 54.0 Å². The summed E-state index contributed by atoms with van der Waals surface area (Å²) in [4.78, 5) is 2.60. The molecule has 0 spiro atoms. The SMILES string of the molecule is C=C(C)[C@@H]1CCC2(NCCCN3CCOCC3)CC[C@]3(C)[C@H](CC[C@@H]4[C@@]5(C)CC=C(c6ccc(C(O)OC(C)(C)C)cc6)C(C)(C)[C@@H]5CC[C@]43C)[C@@H]12. The van der Waals surface area contributed by atoms with E-state index in [1.807, 2.05) is 20.8 Å². The third-order valence-electron chi connectivity index (χ3n) is 16.8. The van der Waals surface area contributed by atoms with Crippen LogP contribution in [0.25, 0.3) is 5.57 Å². The molecule has 290 valence electrons. The third-order valence-corrected chi connectivity index (χ3v) is 16.8. The molecule has 4 saturated carbocycles. The van der Waals surface area contributed by atoms with Gasteiger partial charge in [-0.15, -0.1) is 0 Å². The summed E-state index contributed by atoms with van der Waals surface area (Å²) in [5.74, 6) is 3.51. The van der Waals surface area contributed by atoms with E-state index in [9.17, 15) is 5.11 Å². The van der Waals surface area contributed by atoms with Crippen LogP contribution in [0.2, 0.25) is 0 Å². The van der Waals surface area contributed by atoms with Crippen molar-refractivity contribution in [3.05, 3.63) is 53.6 Å². The summed E-state index contributed by atoms with van der Waals surface area (Å²) in [6.45, 7) is 32.6. The van der Waals surface area contributed by atoms with Crippen molar-refractivity contribution >= 4 is 5.57 Å². The van der Waals surface area contributed by atoms with E-state index in [4.69, 9.17) is 9.47 Å². The van der Waals surface area contributed by atoms with Crippen molar-refractivity contribution in [1.82, 2.24) is 10.2 Å². The van der Waals surface area contributed by atoms with Crippen molar-refractivity contribution in [2.24, 2.45) is 51.2 Å². The van der Waals surface area contributed by atoms with Crippen LogP contribution in [0.5, 0.6) is 0 Å². The average Bonchev–Trinajstić information content (AvgIpc) is 3.47. The number of hydrogen-bond acceptors (Lipinski definition) is 5. The van der Waals surface area contributed by atoms with E-state index in [-0.39, 0.29) is 11.0 Å². The monoisotopic (exact) mass is 715 g/mol. The lowest BCUT2D eigenvalue weighted by Gasteiger charge is -2.72. The molecule has 6 aliphatic rings. The second-order valence-electron chi connectivity index (χ2n) is 20.8. The average molecular weight is 715 g/mol. The van der Waals surface area contributed by atoms with Gasteiger partial charge in [-0.2, -0.15) is 0 Å². The zero-order valence-electron chi connectivity index (χ0n) is 34.6. The van der Waals surface area contributed by atoms with Crippen LogP contribution in [0.4, 0.5) is 0 Å². The van der Waals surface area contributed by atoms with Gasteiger partial charge in [-0.25, -0.2) is 0 Å². The minimum Gasteiger partial charge on any atom is -0.379 e. The fraction of sp³-hybridized carbons (Fsp3) is 0.787. The van der Waals surface area contributed by atoms with Crippen LogP contribution in [0.15, 0.2) is 42.5 Å². The normalized spacial score (nSPS) is 40.9. The molecular formula is C47H74N2O3. The van der Waals surface area contributed by atoms with E-state index in [0.29, 0.717) is 34.0 Å². The van der Waals surface area contributed by atoms with Gasteiger partial charge in [0.15, 0.2) is 6.29 Å². The maximum Gasteiger partial charge on any atom is 0.181 e. The van der Waals surface area contributed by atoms with Crippen molar-refractivity contribution in [1.29, 1.82) is 0 Å². The Balaban J connectivity index is 1.12. The van der Waals surface area contributed by atoms with Crippen molar-refractivity contribution in [2.75, 3.05) is 39.4 Å². The molecule has 5 nitrogen and oxygen atoms in total. The summed E-state index contributed by atoms with van der Waals surface area (Å²) in [6.07, 6.45) is 14.9. The van der Waals surface area contributed by atoms with Crippen LogP contribution in [0.3, 0.4) is 0 Å². The standard InChI is InChI=1S/C47H74N2O3/c1-32(2)35-18-23-47(48-26-11-27-49-28-30-51-31-29-49)25-24-45(9)37(40(35)47)16-17-39-44(8)21-19-36(43(6,7)38(44)20-22-46(39,45)10)33-12-14-34(15-13-33)41(50)52-42(3,4)5/h12-15,19,35,37-41,48,50H,1,11,16-18,20-31H2,2-10H3/t35-,37+,38-,39+,40+,41?,44-,45+,46+,47?/m0/s1. The largest absolute Gasteiger partial charge is 0.379 e. The Hall–Kier alpha value is -1.50. The number of benzene rings is 1. The molecular weight excluding hydrogens is 641 g/mol. The second-order valence-corrected chi connectivity index (χ2v) is 20.8. The Labute approximate surface area is 317 Å². The van der Waals surface area contributed by atoms with Crippen LogP contribution in [0, 0.1) is 51.2 Å². The molecule has 52 heavy (non-hydrogen) atoms. The first-order valence-corrected chi connectivity index (χ1v) is 21.3. The van der Waals surface area contributed by atoms with Crippen molar-refractivity contribution in [3.8, 4) is 0 Å². The van der Waals surface area contributed by atoms with Gasteiger partial charge >= 0.3 is 0 Å². The summed E-state index contributed by atoms with van der Waals surface area (Å²) in [5, 5.41) is 15.1. The van der Waals surface area contributed by atoms with Crippen molar-refractivity contribution < 1.29 is 14.6 Å². The van der Waals surface area contributed by atoms with Gasteiger partial charge in [-0.05, 0) is 167 Å². The number of nitrogens with one attached hydrogen (secondary N) is 1. The van der Waals surface area contributed by atoms with Gasteiger partial charge in [0, 0.05) is 24.2 Å². The van der Waals surface area contributed by atoms with E-state index in [0.717, 1.165) is 50.2 Å². The molecule has 0 aromatic heterocycles. The summed E-state index contributed by atoms with van der Waals surface area (Å²) in [6, 6.07) is 8.59. The van der Waals surface area contributed by atoms with Crippen LogP contribution in [-0.4, -0.2) is 60.5 Å². The molecule has 5 fully saturated rings. The second kappa shape index (κ2) is 13.9. The Kier molecular flexibility index (Phi) is 10.4. The molecule has 2 N–H and O–H groups in total. The predicted molar refractivity (Wildman–Crippen MR) is 215 cm³/mol. The number of allylic oxidation sites excluding steroid dienone is 3. The lowest BCUT2D eigenvalue weighted by molar-refractivity contribution is -0.219. The molecule has 2 unspecified atom stereocenters. The molecule has 0 bridgehead atoms. The zero-order chi connectivity index (χ0) is 37.3. The molecule has 1 aromatic carbocycles. The van der Waals surface area contributed by atoms with Gasteiger partial charge in [0.25, 0.3) is 0 Å². The highest BCUT2D eigenvalue weighted by Crippen LogP contribution is 2.76. The van der Waals surface area contributed by atoms with E-state index in [1.165, 1.54) is 87.5 Å². The molecule has 1 saturated heterocycles. The Morgan fingerprint density at radius 2 is 1.65 bits per heavy atom. The summed E-state index contributed by atoms with van der Waals surface area (Å²) in [7, 11) is 0. The van der Waals surface area contributed by atoms with Gasteiger partial charge in [-0.1, -0.05) is 77.1 Å². The minimum atomic E-state index is -0.908. The highest BCUT2D eigenvalue weighted by molar-refractivity contribution is 5.71. The Morgan fingerprint density at radius 3 is 2.33 bits per heavy atom. The van der Waals surface area contributed by atoms with Crippen LogP contribution >= 0.6 is 0 Å². The van der Waals surface area contributed by atoms with Crippen molar-refractivity contribution in [3.63, 3.8) is 0 Å². The maximum atomic E-state index is 10.7. The number of hydrogen-bond donors (Lipinski definition) is 2. The molecule has 5 heteroatoms. The van der Waals surface area contributed by atoms with Gasteiger partial charge in [0.05, 0.1) is 18.8 Å². The van der Waals surface area contributed by atoms with E-state index < -0.39 is 11.9 Å². The lowest BCUT2D eigenvalue weighted by Crippen LogP contribution is -2.68. The fourth-order valence-electron chi connectivity index (χ4n) is 14.2. The maximum absolute atomic E-state index is 10.7. The first-order valence-electron chi connectivity index (χ1n) is 21.3. The first-order chi connectivity index (χ1) is 24.5. The molecule has 1 heterocycles. The highest BCUT2D eigenvalue weighted by Gasteiger charge is 2.70. The molecule has 0 radical (unpaired) electrons. The third kappa shape index (κ3) is 6.43. The van der Waals surface area contributed by atoms with Gasteiger partial charge in [0.2, 0.25) is 0 Å². The van der Waals surface area contributed by atoms with Crippen LogP contribution in [0.1, 0.15) is 144 Å². The molecule has 1 aromatic rings. The Bertz CT molecular complexity index is 1490. The van der Waals surface area contributed by atoms with E-state index >= 15 is 0 Å². The van der Waals surface area contributed by atoms with Crippen LogP contribution in [-0.2, 0) is 9.47 Å². The number of morpholine rings is 1. The predicted octanol–water partition coefficient (Wildman–Crippen LogP) is 10.2. The smallest absolute Gasteiger partial charge is 0.181 e. The quantitative estimate of drug-likeness (QED) is 0.152. The lowest BCUT2D eigenvalue weighted by atomic mass is 9.33. The molecule has 5 aliphatic carbocycles. The first kappa shape index (κ1) is 38.8. The number of nitrogens with zero attached hydrogens (tertiary/aromatic N) is 1. The summed E-state index contributed by atoms with van der Waals surface area (Å²) < 4.78 is 11.5. The van der Waals surface area contributed by atoms with E-state index in [2.05, 4.69) is 88.7 Å². The fourth-order valence-corrected chi connectivity index (χ4v) is 14.2. The number of aliphatic hydroxyl groups excluding tert-OH is 1. The number of rotatable bonds is 9. The van der Waals surface area contributed by atoms with Crippen molar-refractivity contribution in [2.45, 2.75) is 144 Å². The number of ether oxygens (including phenoxy) is 2. The van der Waals surface area contributed by atoms with E-state index in [1.54, 1.807) is 0 Å². The number of aliphatic hydroxyl groups is 1. The van der Waals surface area contributed by atoms with Gasteiger partial charge < -0.3 is 19.9 Å². The minimum absolute atomic E-state index is 0.0808. The summed E-state index contributed by atoms with van der Waals surface area (Å²) >= 11 is 0. The Morgan fingerprint density at radius 1 is 0.942 bits per heavy atom. The molecule has 1 aliphatic heterocycles. The highest BCUT2D eigenvalue weighted by atomic mass is 16.6. The molecule has 7 rings (SSSR count). The zero-order valence-corrected chi connectivity index (χ0v) is 34.6.